The van der Waals surface area contributed by atoms with E-state index in [9.17, 15) is 4.79 Å². The monoisotopic (exact) mass is 376 g/mol. The first-order valence-corrected chi connectivity index (χ1v) is 8.87. The first-order valence-electron chi connectivity index (χ1n) is 8.87. The van der Waals surface area contributed by atoms with Gasteiger partial charge in [-0.25, -0.2) is 9.78 Å². The summed E-state index contributed by atoms with van der Waals surface area (Å²) in [7, 11) is 3.69. The number of carbonyl (C=O) groups excluding carboxylic acids is 1. The molecule has 0 amide bonds. The molecule has 0 bridgehead atoms. The third-order valence-electron chi connectivity index (χ3n) is 4.74. The number of fused-ring (bicyclic) bond motifs is 1. The van der Waals surface area contributed by atoms with Gasteiger partial charge in [0.05, 0.1) is 18.9 Å². The quantitative estimate of drug-likeness (QED) is 0.542. The van der Waals surface area contributed by atoms with Gasteiger partial charge in [-0.05, 0) is 18.2 Å². The standard InChI is InChI=1S/C19H17N7O2/c1-24-6-5-14(23-24)16-11-26-18(17(21-16)12-9-20-25(2)10-12)22-15(19(26)27)8-13-4-3-7-28-13/h3-7,9-11,15H,8H2,1-2H3/p+1. The highest BCUT2D eigenvalue weighted by Crippen LogP contribution is 2.29. The van der Waals surface area contributed by atoms with Gasteiger partial charge >= 0.3 is 11.7 Å². The van der Waals surface area contributed by atoms with E-state index in [0.717, 1.165) is 11.3 Å². The summed E-state index contributed by atoms with van der Waals surface area (Å²) in [5, 5.41) is 12.0. The van der Waals surface area contributed by atoms with Crippen molar-refractivity contribution in [1.82, 2.24) is 24.5 Å². The lowest BCUT2D eigenvalue weighted by Crippen LogP contribution is -2.43. The van der Waals surface area contributed by atoms with Gasteiger partial charge in [0.1, 0.15) is 23.3 Å². The molecule has 4 aromatic heterocycles. The Bertz CT molecular complexity index is 1170. The number of carbonyl (C=O) groups is 1. The van der Waals surface area contributed by atoms with Crippen molar-refractivity contribution in [1.29, 1.82) is 0 Å². The highest BCUT2D eigenvalue weighted by molar-refractivity contribution is 5.86. The Morgan fingerprint density at radius 2 is 2.14 bits per heavy atom. The van der Waals surface area contributed by atoms with Crippen LogP contribution in [-0.4, -0.2) is 36.5 Å². The summed E-state index contributed by atoms with van der Waals surface area (Å²) in [5.41, 5.74) is 2.80. The lowest BCUT2D eigenvalue weighted by molar-refractivity contribution is -0.551. The van der Waals surface area contributed by atoms with E-state index in [1.54, 1.807) is 32.6 Å². The van der Waals surface area contributed by atoms with Crippen molar-refractivity contribution in [2.24, 2.45) is 14.1 Å². The second-order valence-electron chi connectivity index (χ2n) is 6.79. The van der Waals surface area contributed by atoms with Gasteiger partial charge in [-0.3, -0.25) is 14.7 Å². The van der Waals surface area contributed by atoms with Crippen molar-refractivity contribution in [2.45, 2.75) is 12.5 Å². The van der Waals surface area contributed by atoms with E-state index in [-0.39, 0.29) is 5.91 Å². The molecule has 1 aliphatic rings. The summed E-state index contributed by atoms with van der Waals surface area (Å²) in [6, 6.07) is 5.12. The predicted molar refractivity (Wildman–Crippen MR) is 99.3 cm³/mol. The van der Waals surface area contributed by atoms with Gasteiger partial charge in [0.15, 0.2) is 5.69 Å². The Balaban J connectivity index is 1.62. The molecule has 9 nitrogen and oxygen atoms in total. The average Bonchev–Trinajstić information content (AvgIpc) is 3.46. The molecule has 4 aromatic rings. The first-order chi connectivity index (χ1) is 13.6. The summed E-state index contributed by atoms with van der Waals surface area (Å²) < 4.78 is 10.4. The van der Waals surface area contributed by atoms with Crippen molar-refractivity contribution in [3.05, 3.63) is 55.0 Å². The van der Waals surface area contributed by atoms with E-state index >= 15 is 0 Å². The van der Waals surface area contributed by atoms with Crippen LogP contribution in [0.2, 0.25) is 0 Å². The van der Waals surface area contributed by atoms with Crippen LogP contribution >= 0.6 is 0 Å². The lowest BCUT2D eigenvalue weighted by Gasteiger charge is -2.03. The molecule has 1 atom stereocenters. The van der Waals surface area contributed by atoms with Crippen molar-refractivity contribution < 1.29 is 13.8 Å². The number of aromatic nitrogens is 6. The maximum Gasteiger partial charge on any atom is 0.359 e. The molecule has 0 spiro atoms. The zero-order chi connectivity index (χ0) is 19.3. The Morgan fingerprint density at radius 1 is 1.25 bits per heavy atom. The molecule has 0 saturated heterocycles. The second-order valence-corrected chi connectivity index (χ2v) is 6.79. The fraction of sp³-hybridized carbons (Fsp3) is 0.211. The molecule has 5 rings (SSSR count). The molecule has 1 aliphatic heterocycles. The molecule has 9 heteroatoms. The van der Waals surface area contributed by atoms with E-state index < -0.39 is 6.04 Å². The number of aryl methyl sites for hydroxylation is 2. The number of anilines is 1. The number of rotatable bonds is 4. The van der Waals surface area contributed by atoms with Gasteiger partial charge in [0.25, 0.3) is 0 Å². The van der Waals surface area contributed by atoms with E-state index in [4.69, 9.17) is 9.40 Å². The number of nitrogens with one attached hydrogen (secondary N) is 1. The maximum atomic E-state index is 13.1. The Hall–Kier alpha value is -3.75. The minimum atomic E-state index is -0.428. The van der Waals surface area contributed by atoms with Gasteiger partial charge in [-0.1, -0.05) is 0 Å². The maximum absolute atomic E-state index is 13.1. The third-order valence-corrected chi connectivity index (χ3v) is 4.74. The minimum absolute atomic E-state index is 0.0591. The predicted octanol–water partition coefficient (Wildman–Crippen LogP) is 1.44. The third kappa shape index (κ3) is 2.68. The zero-order valence-electron chi connectivity index (χ0n) is 15.4. The molecule has 0 saturated carbocycles. The fourth-order valence-corrected chi connectivity index (χ4v) is 3.40. The first kappa shape index (κ1) is 16.4. The van der Waals surface area contributed by atoms with Gasteiger partial charge in [-0.2, -0.15) is 14.8 Å². The van der Waals surface area contributed by atoms with E-state index in [2.05, 4.69) is 15.5 Å². The largest absolute Gasteiger partial charge is 0.469 e. The Morgan fingerprint density at radius 3 is 2.82 bits per heavy atom. The highest BCUT2D eigenvalue weighted by Gasteiger charge is 2.42. The van der Waals surface area contributed by atoms with Crippen LogP contribution in [0.1, 0.15) is 10.6 Å². The molecule has 0 aromatic carbocycles. The molecular weight excluding hydrogens is 358 g/mol. The highest BCUT2D eigenvalue weighted by atomic mass is 16.3. The normalized spacial score (nSPS) is 15.6. The Labute approximate surface area is 160 Å². The molecule has 0 fully saturated rings. The van der Waals surface area contributed by atoms with E-state index in [0.29, 0.717) is 29.3 Å². The molecule has 140 valence electrons. The van der Waals surface area contributed by atoms with Gasteiger partial charge in [-0.15, -0.1) is 0 Å². The summed E-state index contributed by atoms with van der Waals surface area (Å²) in [6.45, 7) is 0. The van der Waals surface area contributed by atoms with E-state index in [1.807, 2.05) is 44.7 Å². The lowest BCUT2D eigenvalue weighted by atomic mass is 10.1. The number of furan rings is 1. The van der Waals surface area contributed by atoms with Crippen molar-refractivity contribution >= 4 is 11.7 Å². The summed E-state index contributed by atoms with van der Waals surface area (Å²) in [4.78, 5) is 17.9. The van der Waals surface area contributed by atoms with Crippen molar-refractivity contribution in [3.63, 3.8) is 0 Å². The van der Waals surface area contributed by atoms with Gasteiger partial charge < -0.3 is 4.42 Å². The van der Waals surface area contributed by atoms with Crippen molar-refractivity contribution in [3.8, 4) is 22.6 Å². The van der Waals surface area contributed by atoms with Crippen LogP contribution in [0.4, 0.5) is 5.82 Å². The topological polar surface area (TPSA) is 94.6 Å². The van der Waals surface area contributed by atoms with Crippen LogP contribution in [0.25, 0.3) is 22.6 Å². The van der Waals surface area contributed by atoms with Crippen LogP contribution in [0, 0.1) is 0 Å². The SMILES string of the molecule is Cn1cc(-c2nc(-c3ccn(C)n3)c[n+]3c2NC(Cc2ccco2)C3=O)cn1. The molecule has 28 heavy (non-hydrogen) atoms. The second kappa shape index (κ2) is 6.15. The van der Waals surface area contributed by atoms with Gasteiger partial charge in [0, 0.05) is 32.1 Å². The molecule has 0 radical (unpaired) electrons. The summed E-state index contributed by atoms with van der Waals surface area (Å²) in [5.74, 6) is 1.34. The smallest absolute Gasteiger partial charge is 0.359 e. The average molecular weight is 376 g/mol. The van der Waals surface area contributed by atoms with E-state index in [1.165, 1.54) is 0 Å². The molecular formula is C19H18N7O2+. The number of hydrogen-bond donors (Lipinski definition) is 1. The zero-order valence-corrected chi connectivity index (χ0v) is 15.4. The fourth-order valence-electron chi connectivity index (χ4n) is 3.40. The van der Waals surface area contributed by atoms with Crippen molar-refractivity contribution in [2.75, 3.05) is 5.32 Å². The van der Waals surface area contributed by atoms with Crippen LogP contribution < -0.4 is 9.88 Å². The molecule has 1 unspecified atom stereocenters. The molecule has 0 aliphatic carbocycles. The minimum Gasteiger partial charge on any atom is -0.469 e. The number of nitrogens with zero attached hydrogens (tertiary/aromatic N) is 6. The van der Waals surface area contributed by atoms with Crippen LogP contribution in [-0.2, 0) is 20.5 Å². The summed E-state index contributed by atoms with van der Waals surface area (Å²) >= 11 is 0. The Kier molecular flexibility index (Phi) is 3.61. The molecule has 5 heterocycles. The van der Waals surface area contributed by atoms with Crippen LogP contribution in [0.5, 0.6) is 0 Å². The van der Waals surface area contributed by atoms with Crippen LogP contribution in [0.3, 0.4) is 0 Å². The van der Waals surface area contributed by atoms with Gasteiger partial charge in [0.2, 0.25) is 6.04 Å². The molecule has 1 N–H and O–H groups in total. The van der Waals surface area contributed by atoms with Crippen LogP contribution in [0.15, 0.2) is 53.7 Å². The summed E-state index contributed by atoms with van der Waals surface area (Å²) in [6.07, 6.45) is 9.25. The number of hydrogen-bond acceptors (Lipinski definition) is 6.